The standard InChI is InChI=1S/C13H12F2N2/c14-10-5-6-13(17-8-10)12(16)7-9-3-1-2-4-11(9)15/h1-6,8,12H,7,16H2. The first-order valence-corrected chi connectivity index (χ1v) is 5.27. The third-order valence-electron chi connectivity index (χ3n) is 2.53. The van der Waals surface area contributed by atoms with Crippen molar-refractivity contribution < 1.29 is 8.78 Å². The minimum atomic E-state index is -0.438. The van der Waals surface area contributed by atoms with Crippen LogP contribution >= 0.6 is 0 Å². The molecule has 0 aliphatic heterocycles. The third-order valence-corrected chi connectivity index (χ3v) is 2.53. The maximum absolute atomic E-state index is 13.4. The van der Waals surface area contributed by atoms with E-state index in [1.165, 1.54) is 18.2 Å². The van der Waals surface area contributed by atoms with E-state index in [9.17, 15) is 8.78 Å². The van der Waals surface area contributed by atoms with Crippen LogP contribution < -0.4 is 5.73 Å². The molecule has 0 amide bonds. The quantitative estimate of drug-likeness (QED) is 0.886. The van der Waals surface area contributed by atoms with Gasteiger partial charge in [0.15, 0.2) is 0 Å². The average Bonchev–Trinajstić information content (AvgIpc) is 2.33. The number of benzene rings is 1. The van der Waals surface area contributed by atoms with Crippen LogP contribution in [0, 0.1) is 11.6 Å². The monoisotopic (exact) mass is 234 g/mol. The van der Waals surface area contributed by atoms with Gasteiger partial charge in [-0.2, -0.15) is 0 Å². The molecule has 0 saturated heterocycles. The molecule has 1 atom stereocenters. The Labute approximate surface area is 98.1 Å². The van der Waals surface area contributed by atoms with Crippen molar-refractivity contribution >= 4 is 0 Å². The van der Waals surface area contributed by atoms with Gasteiger partial charge in [0.05, 0.1) is 17.9 Å². The van der Waals surface area contributed by atoms with E-state index in [0.29, 0.717) is 17.7 Å². The zero-order valence-electron chi connectivity index (χ0n) is 9.11. The first-order valence-electron chi connectivity index (χ1n) is 5.27. The molecular formula is C13H12F2N2. The smallest absolute Gasteiger partial charge is 0.141 e. The molecule has 0 radical (unpaired) electrons. The second-order valence-electron chi connectivity index (χ2n) is 3.80. The van der Waals surface area contributed by atoms with Gasteiger partial charge < -0.3 is 5.73 Å². The number of aromatic nitrogens is 1. The van der Waals surface area contributed by atoms with E-state index >= 15 is 0 Å². The summed E-state index contributed by atoms with van der Waals surface area (Å²) >= 11 is 0. The fourth-order valence-corrected chi connectivity index (χ4v) is 1.61. The van der Waals surface area contributed by atoms with Gasteiger partial charge in [-0.05, 0) is 30.2 Å². The molecule has 0 aliphatic rings. The van der Waals surface area contributed by atoms with E-state index in [-0.39, 0.29) is 5.82 Å². The van der Waals surface area contributed by atoms with Gasteiger partial charge in [0.2, 0.25) is 0 Å². The van der Waals surface area contributed by atoms with Crippen LogP contribution in [0.1, 0.15) is 17.3 Å². The van der Waals surface area contributed by atoms with Crippen molar-refractivity contribution in [2.75, 3.05) is 0 Å². The molecular weight excluding hydrogens is 222 g/mol. The molecule has 0 saturated carbocycles. The SMILES string of the molecule is NC(Cc1ccccc1F)c1ccc(F)cn1. The zero-order chi connectivity index (χ0) is 12.3. The van der Waals surface area contributed by atoms with Crippen molar-refractivity contribution in [1.82, 2.24) is 4.98 Å². The van der Waals surface area contributed by atoms with Crippen molar-refractivity contribution in [2.24, 2.45) is 5.73 Å². The molecule has 1 aromatic heterocycles. The Morgan fingerprint density at radius 2 is 1.88 bits per heavy atom. The van der Waals surface area contributed by atoms with Gasteiger partial charge in [-0.25, -0.2) is 8.78 Å². The second-order valence-corrected chi connectivity index (χ2v) is 3.80. The van der Waals surface area contributed by atoms with Crippen molar-refractivity contribution in [2.45, 2.75) is 12.5 Å². The summed E-state index contributed by atoms with van der Waals surface area (Å²) in [7, 11) is 0. The summed E-state index contributed by atoms with van der Waals surface area (Å²) in [4.78, 5) is 3.88. The number of pyridine rings is 1. The lowest BCUT2D eigenvalue weighted by Crippen LogP contribution is -2.15. The molecule has 2 rings (SSSR count). The van der Waals surface area contributed by atoms with Crippen molar-refractivity contribution in [3.8, 4) is 0 Å². The third kappa shape index (κ3) is 2.85. The lowest BCUT2D eigenvalue weighted by atomic mass is 10.0. The Morgan fingerprint density at radius 1 is 1.12 bits per heavy atom. The lowest BCUT2D eigenvalue weighted by Gasteiger charge is -2.11. The van der Waals surface area contributed by atoms with Crippen LogP contribution in [-0.2, 0) is 6.42 Å². The summed E-state index contributed by atoms with van der Waals surface area (Å²) in [5, 5.41) is 0. The maximum Gasteiger partial charge on any atom is 0.141 e. The van der Waals surface area contributed by atoms with Crippen LogP contribution in [0.5, 0.6) is 0 Å². The van der Waals surface area contributed by atoms with Crippen LogP contribution in [0.2, 0.25) is 0 Å². The summed E-state index contributed by atoms with van der Waals surface area (Å²) in [5.41, 5.74) is 6.98. The van der Waals surface area contributed by atoms with Crippen molar-refractivity contribution in [3.63, 3.8) is 0 Å². The number of hydrogen-bond acceptors (Lipinski definition) is 2. The van der Waals surface area contributed by atoms with Gasteiger partial charge >= 0.3 is 0 Å². The number of nitrogens with zero attached hydrogens (tertiary/aromatic N) is 1. The Bertz CT molecular complexity index is 497. The highest BCUT2D eigenvalue weighted by Crippen LogP contribution is 2.16. The molecule has 0 spiro atoms. The molecule has 1 aromatic carbocycles. The molecule has 1 heterocycles. The molecule has 2 N–H and O–H groups in total. The summed E-state index contributed by atoms with van der Waals surface area (Å²) < 4.78 is 26.1. The van der Waals surface area contributed by atoms with E-state index < -0.39 is 11.9 Å². The summed E-state index contributed by atoms with van der Waals surface area (Å²) in [6.45, 7) is 0. The van der Waals surface area contributed by atoms with Crippen molar-refractivity contribution in [1.29, 1.82) is 0 Å². The second kappa shape index (κ2) is 5.01. The first kappa shape index (κ1) is 11.7. The fraction of sp³-hybridized carbons (Fsp3) is 0.154. The number of rotatable bonds is 3. The maximum atomic E-state index is 13.4. The topological polar surface area (TPSA) is 38.9 Å². The molecule has 0 fully saturated rings. The highest BCUT2D eigenvalue weighted by Gasteiger charge is 2.11. The van der Waals surface area contributed by atoms with E-state index in [0.717, 1.165) is 6.20 Å². The van der Waals surface area contributed by atoms with Gasteiger partial charge in [-0.1, -0.05) is 18.2 Å². The van der Waals surface area contributed by atoms with Crippen LogP contribution in [-0.4, -0.2) is 4.98 Å². The van der Waals surface area contributed by atoms with E-state index in [1.54, 1.807) is 18.2 Å². The van der Waals surface area contributed by atoms with Crippen LogP contribution in [0.3, 0.4) is 0 Å². The minimum Gasteiger partial charge on any atom is -0.322 e. The van der Waals surface area contributed by atoms with Crippen LogP contribution in [0.25, 0.3) is 0 Å². The Hall–Kier alpha value is -1.81. The highest BCUT2D eigenvalue weighted by molar-refractivity contribution is 5.21. The molecule has 0 bridgehead atoms. The molecule has 1 unspecified atom stereocenters. The number of nitrogens with two attached hydrogens (primary N) is 1. The Morgan fingerprint density at radius 3 is 2.53 bits per heavy atom. The molecule has 4 heteroatoms. The molecule has 2 nitrogen and oxygen atoms in total. The first-order chi connectivity index (χ1) is 8.16. The highest BCUT2D eigenvalue weighted by atomic mass is 19.1. The zero-order valence-corrected chi connectivity index (χ0v) is 9.11. The van der Waals surface area contributed by atoms with Gasteiger partial charge in [-0.15, -0.1) is 0 Å². The predicted molar refractivity (Wildman–Crippen MR) is 61.2 cm³/mol. The van der Waals surface area contributed by atoms with Crippen LogP contribution in [0.15, 0.2) is 42.6 Å². The number of hydrogen-bond donors (Lipinski definition) is 1. The molecule has 88 valence electrons. The van der Waals surface area contributed by atoms with E-state index in [1.807, 2.05) is 0 Å². The fourth-order valence-electron chi connectivity index (χ4n) is 1.61. The summed E-state index contributed by atoms with van der Waals surface area (Å²) in [5.74, 6) is -0.697. The Balaban J connectivity index is 2.14. The molecule has 2 aromatic rings. The normalized spacial score (nSPS) is 12.4. The summed E-state index contributed by atoms with van der Waals surface area (Å²) in [6, 6.07) is 8.82. The minimum absolute atomic E-state index is 0.287. The summed E-state index contributed by atoms with van der Waals surface area (Å²) in [6.07, 6.45) is 1.45. The largest absolute Gasteiger partial charge is 0.322 e. The van der Waals surface area contributed by atoms with Crippen molar-refractivity contribution in [3.05, 3.63) is 65.5 Å². The number of halogens is 2. The molecule has 0 aliphatic carbocycles. The molecule has 17 heavy (non-hydrogen) atoms. The average molecular weight is 234 g/mol. The van der Waals surface area contributed by atoms with Gasteiger partial charge in [0, 0.05) is 0 Å². The predicted octanol–water partition coefficient (Wildman–Crippen LogP) is 2.60. The van der Waals surface area contributed by atoms with Gasteiger partial charge in [0.25, 0.3) is 0 Å². The van der Waals surface area contributed by atoms with Gasteiger partial charge in [-0.3, -0.25) is 4.98 Å². The van der Waals surface area contributed by atoms with Gasteiger partial charge in [0.1, 0.15) is 11.6 Å². The van der Waals surface area contributed by atoms with E-state index in [4.69, 9.17) is 5.73 Å². The Kier molecular flexibility index (Phi) is 3.44. The lowest BCUT2D eigenvalue weighted by molar-refractivity contribution is 0.585. The van der Waals surface area contributed by atoms with E-state index in [2.05, 4.69) is 4.98 Å². The van der Waals surface area contributed by atoms with Crippen LogP contribution in [0.4, 0.5) is 8.78 Å².